The number of likely N-dealkylation sites (tertiary alicyclic amines) is 1. The second-order valence-corrected chi connectivity index (χ2v) is 6.29. The van der Waals surface area contributed by atoms with Gasteiger partial charge < -0.3 is 0 Å². The standard InChI is InChI=1S/C18H25N/c1-15-12-19(13-16-8-4-2-5-9-16)14-18(15)17-10-6-3-7-11-17/h2,4-5,8-10,15,18H,3,6-7,11-14H2,1H3/t15-,18+/m0/s1. The highest BCUT2D eigenvalue weighted by Gasteiger charge is 2.31. The van der Waals surface area contributed by atoms with E-state index in [1.807, 2.05) is 0 Å². The van der Waals surface area contributed by atoms with E-state index in [0.29, 0.717) is 0 Å². The molecule has 1 aromatic rings. The van der Waals surface area contributed by atoms with Crippen LogP contribution in [0.4, 0.5) is 0 Å². The summed E-state index contributed by atoms with van der Waals surface area (Å²) in [5, 5.41) is 0. The van der Waals surface area contributed by atoms with Gasteiger partial charge in [0, 0.05) is 19.6 Å². The van der Waals surface area contributed by atoms with Gasteiger partial charge in [0.1, 0.15) is 0 Å². The topological polar surface area (TPSA) is 3.24 Å². The number of hydrogen-bond donors (Lipinski definition) is 0. The van der Waals surface area contributed by atoms with Crippen LogP contribution in [0.15, 0.2) is 42.0 Å². The maximum absolute atomic E-state index is 2.64. The fourth-order valence-electron chi connectivity index (χ4n) is 3.72. The van der Waals surface area contributed by atoms with E-state index in [0.717, 1.165) is 18.4 Å². The van der Waals surface area contributed by atoms with E-state index >= 15 is 0 Å². The highest BCUT2D eigenvalue weighted by molar-refractivity contribution is 5.17. The van der Waals surface area contributed by atoms with Crippen molar-refractivity contribution in [1.82, 2.24) is 4.90 Å². The highest BCUT2D eigenvalue weighted by atomic mass is 15.1. The third-order valence-electron chi connectivity index (χ3n) is 4.74. The third kappa shape index (κ3) is 3.09. The van der Waals surface area contributed by atoms with Crippen molar-refractivity contribution in [2.75, 3.05) is 13.1 Å². The molecule has 102 valence electrons. The Balaban J connectivity index is 1.63. The van der Waals surface area contributed by atoms with Gasteiger partial charge in [0.25, 0.3) is 0 Å². The minimum atomic E-state index is 0.823. The van der Waals surface area contributed by atoms with Gasteiger partial charge in [-0.2, -0.15) is 0 Å². The average molecular weight is 255 g/mol. The summed E-state index contributed by atoms with van der Waals surface area (Å²) >= 11 is 0. The summed E-state index contributed by atoms with van der Waals surface area (Å²) in [7, 11) is 0. The molecule has 2 aliphatic rings. The van der Waals surface area contributed by atoms with Gasteiger partial charge in [0.05, 0.1) is 0 Å². The Morgan fingerprint density at radius 3 is 2.68 bits per heavy atom. The van der Waals surface area contributed by atoms with Gasteiger partial charge in [0.2, 0.25) is 0 Å². The minimum absolute atomic E-state index is 0.823. The Kier molecular flexibility index (Phi) is 4.03. The molecule has 1 aliphatic heterocycles. The second-order valence-electron chi connectivity index (χ2n) is 6.29. The molecule has 19 heavy (non-hydrogen) atoms. The minimum Gasteiger partial charge on any atom is -0.298 e. The average Bonchev–Trinajstić information content (AvgIpc) is 2.82. The van der Waals surface area contributed by atoms with Gasteiger partial charge in [0.15, 0.2) is 0 Å². The van der Waals surface area contributed by atoms with E-state index < -0.39 is 0 Å². The first-order chi connectivity index (χ1) is 9.33. The molecule has 0 saturated carbocycles. The Labute approximate surface area is 117 Å². The molecular weight excluding hydrogens is 230 g/mol. The van der Waals surface area contributed by atoms with Gasteiger partial charge in [-0.05, 0) is 43.1 Å². The van der Waals surface area contributed by atoms with Crippen molar-refractivity contribution in [1.29, 1.82) is 0 Å². The van der Waals surface area contributed by atoms with Gasteiger partial charge in [-0.15, -0.1) is 0 Å². The fraction of sp³-hybridized carbons (Fsp3) is 0.556. The lowest BCUT2D eigenvalue weighted by Gasteiger charge is -2.22. The predicted octanol–water partition coefficient (Wildman–Crippen LogP) is 4.25. The SMILES string of the molecule is C[C@H]1CN(Cc2ccccc2)C[C@H]1C1=CCCCC1. The molecule has 1 heteroatoms. The van der Waals surface area contributed by atoms with Crippen LogP contribution in [-0.4, -0.2) is 18.0 Å². The highest BCUT2D eigenvalue weighted by Crippen LogP contribution is 2.34. The summed E-state index contributed by atoms with van der Waals surface area (Å²) in [5.41, 5.74) is 3.21. The van der Waals surface area contributed by atoms with Crippen LogP contribution in [0.2, 0.25) is 0 Å². The van der Waals surface area contributed by atoms with Crippen LogP contribution in [-0.2, 0) is 6.54 Å². The number of benzene rings is 1. The van der Waals surface area contributed by atoms with Crippen LogP contribution < -0.4 is 0 Å². The molecule has 1 nitrogen and oxygen atoms in total. The van der Waals surface area contributed by atoms with E-state index in [2.05, 4.69) is 48.2 Å². The van der Waals surface area contributed by atoms with E-state index in [-0.39, 0.29) is 0 Å². The summed E-state index contributed by atoms with van der Waals surface area (Å²) in [5.74, 6) is 1.65. The summed E-state index contributed by atoms with van der Waals surface area (Å²) in [6, 6.07) is 10.9. The second kappa shape index (κ2) is 5.92. The molecule has 0 aromatic heterocycles. The van der Waals surface area contributed by atoms with Crippen LogP contribution >= 0.6 is 0 Å². The van der Waals surface area contributed by atoms with Crippen molar-refractivity contribution in [3.05, 3.63) is 47.5 Å². The van der Waals surface area contributed by atoms with Crippen LogP contribution in [0.5, 0.6) is 0 Å². The molecule has 2 atom stereocenters. The van der Waals surface area contributed by atoms with Crippen molar-refractivity contribution in [2.45, 2.75) is 39.2 Å². The summed E-state index contributed by atoms with van der Waals surface area (Å²) < 4.78 is 0. The van der Waals surface area contributed by atoms with Crippen molar-refractivity contribution < 1.29 is 0 Å². The maximum Gasteiger partial charge on any atom is 0.0234 e. The van der Waals surface area contributed by atoms with Crippen molar-refractivity contribution in [3.8, 4) is 0 Å². The predicted molar refractivity (Wildman–Crippen MR) is 80.9 cm³/mol. The fourth-order valence-corrected chi connectivity index (χ4v) is 3.72. The third-order valence-corrected chi connectivity index (χ3v) is 4.74. The molecule has 0 amide bonds. The zero-order valence-corrected chi connectivity index (χ0v) is 12.0. The van der Waals surface area contributed by atoms with E-state index in [1.165, 1.54) is 44.3 Å². The zero-order valence-electron chi connectivity index (χ0n) is 12.0. The van der Waals surface area contributed by atoms with Gasteiger partial charge in [-0.1, -0.05) is 48.9 Å². The largest absolute Gasteiger partial charge is 0.298 e. The summed E-state index contributed by atoms with van der Waals surface area (Å²) in [6.07, 6.45) is 8.02. The zero-order chi connectivity index (χ0) is 13.1. The van der Waals surface area contributed by atoms with Crippen molar-refractivity contribution in [3.63, 3.8) is 0 Å². The van der Waals surface area contributed by atoms with Gasteiger partial charge in [-0.3, -0.25) is 4.90 Å². The summed E-state index contributed by atoms with van der Waals surface area (Å²) in [6.45, 7) is 6.08. The Bertz CT molecular complexity index is 434. The monoisotopic (exact) mass is 255 g/mol. The number of allylic oxidation sites excluding steroid dienone is 1. The molecule has 1 saturated heterocycles. The first-order valence-electron chi connectivity index (χ1n) is 7.78. The number of hydrogen-bond acceptors (Lipinski definition) is 1. The molecule has 1 heterocycles. The molecule has 1 fully saturated rings. The van der Waals surface area contributed by atoms with E-state index in [1.54, 1.807) is 5.57 Å². The van der Waals surface area contributed by atoms with Crippen LogP contribution in [0.25, 0.3) is 0 Å². The lowest BCUT2D eigenvalue weighted by molar-refractivity contribution is 0.316. The molecule has 0 bridgehead atoms. The Morgan fingerprint density at radius 1 is 1.11 bits per heavy atom. The normalized spacial score (nSPS) is 28.4. The smallest absolute Gasteiger partial charge is 0.0234 e. The molecule has 1 aliphatic carbocycles. The molecule has 3 rings (SSSR count). The van der Waals surface area contributed by atoms with Crippen LogP contribution in [0, 0.1) is 11.8 Å². The first-order valence-corrected chi connectivity index (χ1v) is 7.78. The van der Waals surface area contributed by atoms with Crippen molar-refractivity contribution >= 4 is 0 Å². The Hall–Kier alpha value is -1.08. The van der Waals surface area contributed by atoms with Gasteiger partial charge >= 0.3 is 0 Å². The van der Waals surface area contributed by atoms with Crippen molar-refractivity contribution in [2.24, 2.45) is 11.8 Å². The lowest BCUT2D eigenvalue weighted by atomic mass is 9.84. The molecular formula is C18H25N. The molecule has 0 spiro atoms. The number of rotatable bonds is 3. The van der Waals surface area contributed by atoms with E-state index in [4.69, 9.17) is 0 Å². The quantitative estimate of drug-likeness (QED) is 0.730. The maximum atomic E-state index is 2.64. The number of nitrogens with zero attached hydrogens (tertiary/aromatic N) is 1. The first kappa shape index (κ1) is 12.9. The Morgan fingerprint density at radius 2 is 1.95 bits per heavy atom. The summed E-state index contributed by atoms with van der Waals surface area (Å²) in [4.78, 5) is 2.64. The lowest BCUT2D eigenvalue weighted by Crippen LogP contribution is -2.20. The van der Waals surface area contributed by atoms with Crippen LogP contribution in [0.3, 0.4) is 0 Å². The molecule has 0 N–H and O–H groups in total. The van der Waals surface area contributed by atoms with E-state index in [9.17, 15) is 0 Å². The molecule has 0 radical (unpaired) electrons. The van der Waals surface area contributed by atoms with Crippen LogP contribution in [0.1, 0.15) is 38.2 Å². The van der Waals surface area contributed by atoms with Gasteiger partial charge in [-0.25, -0.2) is 0 Å². The molecule has 0 unspecified atom stereocenters. The molecule has 1 aromatic carbocycles.